The van der Waals surface area contributed by atoms with Crippen LogP contribution in [0.1, 0.15) is 37.9 Å². The van der Waals surface area contributed by atoms with Gasteiger partial charge < -0.3 is 4.52 Å². The summed E-state index contributed by atoms with van der Waals surface area (Å²) in [6, 6.07) is 0. The van der Waals surface area contributed by atoms with Crippen LogP contribution in [-0.2, 0) is 0 Å². The summed E-state index contributed by atoms with van der Waals surface area (Å²) in [4.78, 5) is 4.19. The van der Waals surface area contributed by atoms with E-state index in [0.29, 0.717) is 11.3 Å². The summed E-state index contributed by atoms with van der Waals surface area (Å²) >= 11 is 0. The Morgan fingerprint density at radius 2 is 2.18 bits per heavy atom. The summed E-state index contributed by atoms with van der Waals surface area (Å²) in [5.41, 5.74) is 0.388. The summed E-state index contributed by atoms with van der Waals surface area (Å²) in [5, 5.41) is 3.76. The zero-order valence-corrected chi connectivity index (χ0v) is 7.09. The molecule has 1 fully saturated rings. The van der Waals surface area contributed by atoms with Gasteiger partial charge in [0.15, 0.2) is 5.82 Å². The molecule has 1 aliphatic carbocycles. The van der Waals surface area contributed by atoms with Crippen LogP contribution >= 0.6 is 0 Å². The topological polar surface area (TPSA) is 38.9 Å². The number of hydrogen-bond acceptors (Lipinski definition) is 3. The van der Waals surface area contributed by atoms with Crippen molar-refractivity contribution in [3.63, 3.8) is 0 Å². The monoisotopic (exact) mass is 152 g/mol. The molecule has 1 saturated carbocycles. The second-order valence-corrected chi connectivity index (χ2v) is 3.93. The standard InChI is InChI=1S/C8H12N2O/c1-5-9-7(11-10-5)6-4-8(6,2)3/h6H,4H2,1-3H3/t6-/m1/s1. The van der Waals surface area contributed by atoms with Crippen LogP contribution in [0.15, 0.2) is 4.52 Å². The average molecular weight is 152 g/mol. The number of aryl methyl sites for hydroxylation is 1. The fourth-order valence-corrected chi connectivity index (χ4v) is 1.34. The molecule has 1 aromatic heterocycles. The van der Waals surface area contributed by atoms with Gasteiger partial charge in [-0.3, -0.25) is 0 Å². The maximum atomic E-state index is 5.06. The Bertz CT molecular complexity index is 277. The van der Waals surface area contributed by atoms with Crippen LogP contribution < -0.4 is 0 Å². The van der Waals surface area contributed by atoms with Crippen LogP contribution in [0, 0.1) is 12.3 Å². The first-order valence-corrected chi connectivity index (χ1v) is 3.90. The van der Waals surface area contributed by atoms with Gasteiger partial charge >= 0.3 is 0 Å². The molecule has 0 bridgehead atoms. The molecular formula is C8H12N2O. The van der Waals surface area contributed by atoms with E-state index >= 15 is 0 Å². The van der Waals surface area contributed by atoms with Crippen LogP contribution in [-0.4, -0.2) is 10.1 Å². The van der Waals surface area contributed by atoms with Gasteiger partial charge in [0.1, 0.15) is 0 Å². The fraction of sp³-hybridized carbons (Fsp3) is 0.750. The highest BCUT2D eigenvalue weighted by molar-refractivity contribution is 5.12. The van der Waals surface area contributed by atoms with Gasteiger partial charge in [-0.15, -0.1) is 0 Å². The Hall–Kier alpha value is -0.860. The molecule has 1 aromatic rings. The number of aromatic nitrogens is 2. The van der Waals surface area contributed by atoms with Gasteiger partial charge in [-0.1, -0.05) is 19.0 Å². The van der Waals surface area contributed by atoms with Crippen molar-refractivity contribution in [3.8, 4) is 0 Å². The number of nitrogens with zero attached hydrogens (tertiary/aromatic N) is 2. The molecule has 2 rings (SSSR count). The third-order valence-corrected chi connectivity index (χ3v) is 2.35. The maximum Gasteiger partial charge on any atom is 0.230 e. The molecule has 0 unspecified atom stereocenters. The summed E-state index contributed by atoms with van der Waals surface area (Å²) < 4.78 is 5.06. The largest absolute Gasteiger partial charge is 0.339 e. The Labute approximate surface area is 65.8 Å². The second-order valence-electron chi connectivity index (χ2n) is 3.93. The normalized spacial score (nSPS) is 27.0. The van der Waals surface area contributed by atoms with Crippen LogP contribution in [0.5, 0.6) is 0 Å². The van der Waals surface area contributed by atoms with Crippen LogP contribution in [0.4, 0.5) is 0 Å². The van der Waals surface area contributed by atoms with Gasteiger partial charge in [0.25, 0.3) is 0 Å². The molecule has 0 aromatic carbocycles. The highest BCUT2D eigenvalue weighted by Crippen LogP contribution is 2.57. The van der Waals surface area contributed by atoms with Crippen molar-refractivity contribution >= 4 is 0 Å². The first-order valence-electron chi connectivity index (χ1n) is 3.90. The van der Waals surface area contributed by atoms with Gasteiger partial charge in [-0.25, -0.2) is 0 Å². The highest BCUT2D eigenvalue weighted by atomic mass is 16.5. The third kappa shape index (κ3) is 1.04. The van der Waals surface area contributed by atoms with Crippen molar-refractivity contribution in [2.45, 2.75) is 33.1 Å². The third-order valence-electron chi connectivity index (χ3n) is 2.35. The predicted octanol–water partition coefficient (Wildman–Crippen LogP) is 1.89. The van der Waals surface area contributed by atoms with Crippen molar-refractivity contribution in [1.29, 1.82) is 0 Å². The van der Waals surface area contributed by atoms with Crippen molar-refractivity contribution in [3.05, 3.63) is 11.7 Å². The van der Waals surface area contributed by atoms with Crippen molar-refractivity contribution in [1.82, 2.24) is 10.1 Å². The number of hydrogen-bond donors (Lipinski definition) is 0. The van der Waals surface area contributed by atoms with E-state index in [9.17, 15) is 0 Å². The lowest BCUT2D eigenvalue weighted by atomic mass is 10.1. The Kier molecular flexibility index (Phi) is 1.14. The molecule has 0 aliphatic heterocycles. The molecule has 1 aliphatic rings. The molecule has 0 saturated heterocycles. The lowest BCUT2D eigenvalue weighted by Gasteiger charge is -1.95. The van der Waals surface area contributed by atoms with E-state index in [1.165, 1.54) is 6.42 Å². The molecule has 0 N–H and O–H groups in total. The molecule has 0 spiro atoms. The van der Waals surface area contributed by atoms with E-state index < -0.39 is 0 Å². The average Bonchev–Trinajstić information content (AvgIpc) is 2.39. The SMILES string of the molecule is Cc1noc([C@H]2CC2(C)C)n1. The quantitative estimate of drug-likeness (QED) is 0.616. The summed E-state index contributed by atoms with van der Waals surface area (Å²) in [6.07, 6.45) is 1.18. The predicted molar refractivity (Wildman–Crippen MR) is 40.2 cm³/mol. The van der Waals surface area contributed by atoms with Crippen molar-refractivity contribution in [2.24, 2.45) is 5.41 Å². The molecule has 1 atom stereocenters. The minimum Gasteiger partial charge on any atom is -0.339 e. The Morgan fingerprint density at radius 3 is 2.55 bits per heavy atom. The summed E-state index contributed by atoms with van der Waals surface area (Å²) in [7, 11) is 0. The van der Waals surface area contributed by atoms with Crippen LogP contribution in [0.3, 0.4) is 0 Å². The van der Waals surface area contributed by atoms with Crippen LogP contribution in [0.25, 0.3) is 0 Å². The minimum absolute atomic E-state index is 0.388. The second kappa shape index (κ2) is 1.84. The van der Waals surface area contributed by atoms with Crippen molar-refractivity contribution < 1.29 is 4.52 Å². The van der Waals surface area contributed by atoms with E-state index in [-0.39, 0.29) is 0 Å². The Morgan fingerprint density at radius 1 is 1.55 bits per heavy atom. The Balaban J connectivity index is 2.20. The van der Waals surface area contributed by atoms with E-state index in [1.54, 1.807) is 0 Å². The zero-order chi connectivity index (χ0) is 8.06. The summed E-state index contributed by atoms with van der Waals surface area (Å²) in [5.74, 6) is 2.05. The number of rotatable bonds is 1. The molecule has 0 radical (unpaired) electrons. The maximum absolute atomic E-state index is 5.06. The molecule has 60 valence electrons. The molecule has 11 heavy (non-hydrogen) atoms. The highest BCUT2D eigenvalue weighted by Gasteiger charge is 2.50. The van der Waals surface area contributed by atoms with Gasteiger partial charge in [0, 0.05) is 5.92 Å². The zero-order valence-electron chi connectivity index (χ0n) is 7.09. The van der Waals surface area contributed by atoms with E-state index in [4.69, 9.17) is 4.52 Å². The lowest BCUT2D eigenvalue weighted by molar-refractivity contribution is 0.364. The molecule has 0 amide bonds. The van der Waals surface area contributed by atoms with E-state index in [1.807, 2.05) is 6.92 Å². The lowest BCUT2D eigenvalue weighted by Crippen LogP contribution is -1.89. The smallest absolute Gasteiger partial charge is 0.230 e. The van der Waals surface area contributed by atoms with Gasteiger partial charge in [0.05, 0.1) is 0 Å². The molecule has 1 heterocycles. The summed E-state index contributed by atoms with van der Waals surface area (Å²) in [6.45, 7) is 6.29. The van der Waals surface area contributed by atoms with Gasteiger partial charge in [-0.2, -0.15) is 4.98 Å². The molecule has 3 nitrogen and oxygen atoms in total. The minimum atomic E-state index is 0.388. The van der Waals surface area contributed by atoms with E-state index in [2.05, 4.69) is 24.0 Å². The first kappa shape index (κ1) is 6.83. The van der Waals surface area contributed by atoms with Gasteiger partial charge in [0.2, 0.25) is 5.89 Å². The first-order chi connectivity index (χ1) is 5.09. The van der Waals surface area contributed by atoms with Gasteiger partial charge in [-0.05, 0) is 18.8 Å². The van der Waals surface area contributed by atoms with E-state index in [0.717, 1.165) is 11.7 Å². The fourth-order valence-electron chi connectivity index (χ4n) is 1.34. The van der Waals surface area contributed by atoms with Crippen molar-refractivity contribution in [2.75, 3.05) is 0 Å². The molecule has 3 heteroatoms. The molecular weight excluding hydrogens is 140 g/mol. The van der Waals surface area contributed by atoms with Crippen LogP contribution in [0.2, 0.25) is 0 Å².